The van der Waals surface area contributed by atoms with Crippen molar-refractivity contribution in [3.05, 3.63) is 63.1 Å². The summed E-state index contributed by atoms with van der Waals surface area (Å²) in [5, 5.41) is 8.53. The summed E-state index contributed by atoms with van der Waals surface area (Å²) in [6, 6.07) is 12.2. The van der Waals surface area contributed by atoms with Crippen molar-refractivity contribution in [3.8, 4) is 5.75 Å². The number of nitrogens with zero attached hydrogens (tertiary/aromatic N) is 1. The van der Waals surface area contributed by atoms with E-state index in [2.05, 4.69) is 31.8 Å². The van der Waals surface area contributed by atoms with E-state index in [9.17, 15) is 4.79 Å². The van der Waals surface area contributed by atoms with Crippen LogP contribution in [0.15, 0.2) is 52.0 Å². The van der Waals surface area contributed by atoms with E-state index in [0.717, 1.165) is 17.3 Å². The van der Waals surface area contributed by atoms with Crippen LogP contribution in [0.3, 0.4) is 0 Å². The SMILES string of the molecule is O=C(Oc1ccc(Br)cc1C=NNC(=S)NC1CCCCC1)c1ccc(Cl)cc1. The normalized spacial score (nSPS) is 14.6. The fraction of sp³-hybridized carbons (Fsp3) is 0.286. The molecule has 1 fully saturated rings. The van der Waals surface area contributed by atoms with Gasteiger partial charge in [-0.25, -0.2) is 4.79 Å². The van der Waals surface area contributed by atoms with Gasteiger partial charge < -0.3 is 10.1 Å². The van der Waals surface area contributed by atoms with Crippen molar-refractivity contribution in [2.75, 3.05) is 0 Å². The predicted molar refractivity (Wildman–Crippen MR) is 124 cm³/mol. The number of hydrogen-bond donors (Lipinski definition) is 2. The highest BCUT2D eigenvalue weighted by molar-refractivity contribution is 9.10. The molecule has 0 aromatic heterocycles. The number of benzene rings is 2. The molecule has 5 nitrogen and oxygen atoms in total. The van der Waals surface area contributed by atoms with Gasteiger partial charge in [-0.05, 0) is 67.5 Å². The Bertz CT molecular complexity index is 899. The summed E-state index contributed by atoms with van der Waals surface area (Å²) in [4.78, 5) is 12.4. The molecule has 2 aromatic carbocycles. The molecule has 1 saturated carbocycles. The first-order valence-electron chi connectivity index (χ1n) is 9.38. The highest BCUT2D eigenvalue weighted by atomic mass is 79.9. The highest BCUT2D eigenvalue weighted by Gasteiger charge is 2.14. The van der Waals surface area contributed by atoms with E-state index in [-0.39, 0.29) is 0 Å². The molecule has 0 radical (unpaired) electrons. The molecule has 1 aliphatic carbocycles. The number of thiocarbonyl (C=S) groups is 1. The van der Waals surface area contributed by atoms with E-state index in [0.29, 0.717) is 33.1 Å². The minimum Gasteiger partial charge on any atom is -0.422 e. The molecular weight excluding hydrogens is 474 g/mol. The van der Waals surface area contributed by atoms with Crippen LogP contribution in [0.25, 0.3) is 0 Å². The Morgan fingerprint density at radius 2 is 1.90 bits per heavy atom. The number of esters is 1. The minimum absolute atomic E-state index is 0.393. The van der Waals surface area contributed by atoms with Gasteiger partial charge in [0.15, 0.2) is 5.11 Å². The summed E-state index contributed by atoms with van der Waals surface area (Å²) in [6.07, 6.45) is 7.57. The van der Waals surface area contributed by atoms with Crippen LogP contribution in [-0.4, -0.2) is 23.3 Å². The van der Waals surface area contributed by atoms with Crippen molar-refractivity contribution in [2.45, 2.75) is 38.1 Å². The zero-order valence-corrected chi connectivity index (χ0v) is 18.8. The molecule has 8 heteroatoms. The van der Waals surface area contributed by atoms with Gasteiger partial charge in [-0.15, -0.1) is 0 Å². The Morgan fingerprint density at radius 3 is 2.62 bits per heavy atom. The Kier molecular flexibility index (Phi) is 8.03. The van der Waals surface area contributed by atoms with E-state index in [4.69, 9.17) is 28.6 Å². The van der Waals surface area contributed by atoms with Gasteiger partial charge in [0.05, 0.1) is 11.8 Å². The van der Waals surface area contributed by atoms with Gasteiger partial charge >= 0.3 is 5.97 Å². The van der Waals surface area contributed by atoms with Gasteiger partial charge in [-0.2, -0.15) is 5.10 Å². The highest BCUT2D eigenvalue weighted by Crippen LogP contribution is 2.23. The Morgan fingerprint density at radius 1 is 1.17 bits per heavy atom. The fourth-order valence-corrected chi connectivity index (χ4v) is 3.81. The molecule has 0 unspecified atom stereocenters. The van der Waals surface area contributed by atoms with Crippen LogP contribution in [0.1, 0.15) is 48.0 Å². The number of nitrogens with one attached hydrogen (secondary N) is 2. The fourth-order valence-electron chi connectivity index (χ4n) is 3.08. The molecule has 0 amide bonds. The number of hydrazone groups is 1. The molecule has 2 N–H and O–H groups in total. The number of ether oxygens (including phenoxy) is 1. The second kappa shape index (κ2) is 10.7. The summed E-state index contributed by atoms with van der Waals surface area (Å²) in [5.74, 6) is -0.0778. The quantitative estimate of drug-likeness (QED) is 0.190. The Balaban J connectivity index is 1.63. The smallest absolute Gasteiger partial charge is 0.343 e. The lowest BCUT2D eigenvalue weighted by molar-refractivity contribution is 0.0734. The lowest BCUT2D eigenvalue weighted by atomic mass is 9.96. The summed E-state index contributed by atoms with van der Waals surface area (Å²) in [6.45, 7) is 0. The van der Waals surface area contributed by atoms with Crippen molar-refractivity contribution in [1.29, 1.82) is 0 Å². The summed E-state index contributed by atoms with van der Waals surface area (Å²) >= 11 is 14.6. The van der Waals surface area contributed by atoms with E-state index >= 15 is 0 Å². The Labute approximate surface area is 189 Å². The first-order valence-corrected chi connectivity index (χ1v) is 11.0. The van der Waals surface area contributed by atoms with Crippen molar-refractivity contribution >= 4 is 57.0 Å². The number of hydrogen-bond acceptors (Lipinski definition) is 4. The minimum atomic E-state index is -0.471. The van der Waals surface area contributed by atoms with Gasteiger partial charge in [0, 0.05) is 21.1 Å². The third kappa shape index (κ3) is 6.80. The van der Waals surface area contributed by atoms with E-state index in [1.165, 1.54) is 19.3 Å². The number of halogens is 2. The summed E-state index contributed by atoms with van der Waals surface area (Å²) < 4.78 is 6.38. The average molecular weight is 495 g/mol. The lowest BCUT2D eigenvalue weighted by Gasteiger charge is -2.23. The maximum atomic E-state index is 12.4. The topological polar surface area (TPSA) is 62.7 Å². The predicted octanol–water partition coefficient (Wildman–Crippen LogP) is 5.45. The van der Waals surface area contributed by atoms with Crippen molar-refractivity contribution in [1.82, 2.24) is 10.7 Å². The second-order valence-electron chi connectivity index (χ2n) is 6.76. The molecule has 0 spiro atoms. The van der Waals surface area contributed by atoms with Crippen LogP contribution in [0.5, 0.6) is 5.75 Å². The van der Waals surface area contributed by atoms with Crippen LogP contribution in [-0.2, 0) is 0 Å². The van der Waals surface area contributed by atoms with E-state index in [1.807, 2.05) is 6.07 Å². The summed E-state index contributed by atoms with van der Waals surface area (Å²) in [5.41, 5.74) is 3.88. The van der Waals surface area contributed by atoms with Gasteiger partial charge in [-0.3, -0.25) is 5.43 Å². The zero-order chi connectivity index (χ0) is 20.6. The molecular formula is C21H21BrClN3O2S. The molecule has 3 rings (SSSR count). The largest absolute Gasteiger partial charge is 0.422 e. The third-order valence-corrected chi connectivity index (χ3v) is 5.52. The van der Waals surface area contributed by atoms with Crippen LogP contribution < -0.4 is 15.5 Å². The number of rotatable bonds is 5. The lowest BCUT2D eigenvalue weighted by Crippen LogP contribution is -2.40. The third-order valence-electron chi connectivity index (χ3n) is 4.56. The maximum absolute atomic E-state index is 12.4. The van der Waals surface area contributed by atoms with Crippen LogP contribution in [0, 0.1) is 0 Å². The molecule has 0 saturated heterocycles. The van der Waals surface area contributed by atoms with Gasteiger partial charge in [-0.1, -0.05) is 46.8 Å². The molecule has 0 heterocycles. The van der Waals surface area contributed by atoms with Gasteiger partial charge in [0.2, 0.25) is 0 Å². The maximum Gasteiger partial charge on any atom is 0.343 e. The molecule has 1 aliphatic rings. The van der Waals surface area contributed by atoms with E-state index < -0.39 is 5.97 Å². The van der Waals surface area contributed by atoms with Crippen molar-refractivity contribution < 1.29 is 9.53 Å². The molecule has 0 bridgehead atoms. The number of carbonyl (C=O) groups excluding carboxylic acids is 1. The van der Waals surface area contributed by atoms with E-state index in [1.54, 1.807) is 42.6 Å². The zero-order valence-electron chi connectivity index (χ0n) is 15.7. The second-order valence-corrected chi connectivity index (χ2v) is 8.52. The first kappa shape index (κ1) is 21.7. The van der Waals surface area contributed by atoms with Crippen LogP contribution >= 0.6 is 39.7 Å². The Hall–Kier alpha value is -1.96. The van der Waals surface area contributed by atoms with Crippen molar-refractivity contribution in [3.63, 3.8) is 0 Å². The van der Waals surface area contributed by atoms with Crippen molar-refractivity contribution in [2.24, 2.45) is 5.10 Å². The molecule has 0 aliphatic heterocycles. The molecule has 152 valence electrons. The molecule has 29 heavy (non-hydrogen) atoms. The van der Waals surface area contributed by atoms with Gasteiger partial charge in [0.1, 0.15) is 5.75 Å². The van der Waals surface area contributed by atoms with Crippen LogP contribution in [0.4, 0.5) is 0 Å². The van der Waals surface area contributed by atoms with Crippen LogP contribution in [0.2, 0.25) is 5.02 Å². The summed E-state index contributed by atoms with van der Waals surface area (Å²) in [7, 11) is 0. The molecule has 0 atom stereocenters. The van der Waals surface area contributed by atoms with Gasteiger partial charge in [0.25, 0.3) is 0 Å². The average Bonchev–Trinajstić information content (AvgIpc) is 2.71. The number of carbonyl (C=O) groups is 1. The monoisotopic (exact) mass is 493 g/mol. The molecule has 2 aromatic rings. The standard InChI is InChI=1S/C21H21BrClN3O2S/c22-16-8-11-19(28-20(27)14-6-9-17(23)10-7-14)15(12-16)13-24-26-21(29)25-18-4-2-1-3-5-18/h6-13,18H,1-5H2,(H2,25,26,29). The first-order chi connectivity index (χ1) is 14.0.